The highest BCUT2D eigenvalue weighted by molar-refractivity contribution is 6.41. The summed E-state index contributed by atoms with van der Waals surface area (Å²) < 4.78 is 0. The number of carbonyl (C=O) groups is 1. The molecule has 10 heteroatoms. The summed E-state index contributed by atoms with van der Waals surface area (Å²) >= 11 is 18.8. The van der Waals surface area contributed by atoms with E-state index in [0.29, 0.717) is 32.5 Å². The van der Waals surface area contributed by atoms with Crippen molar-refractivity contribution in [3.63, 3.8) is 0 Å². The quantitative estimate of drug-likeness (QED) is 0.464. The van der Waals surface area contributed by atoms with Gasteiger partial charge in [0.25, 0.3) is 5.91 Å². The second-order valence-electron chi connectivity index (χ2n) is 9.61. The number of anilines is 1. The predicted molar refractivity (Wildman–Crippen MR) is 151 cm³/mol. The first-order chi connectivity index (χ1) is 16.9. The van der Waals surface area contributed by atoms with Gasteiger partial charge >= 0.3 is 0 Å². The first kappa shape index (κ1) is 27.5. The molecule has 1 N–H and O–H groups in total. The van der Waals surface area contributed by atoms with Gasteiger partial charge in [0, 0.05) is 48.2 Å². The lowest BCUT2D eigenvalue weighted by Gasteiger charge is -2.38. The van der Waals surface area contributed by atoms with Gasteiger partial charge < -0.3 is 0 Å². The number of hydrazone groups is 1. The third kappa shape index (κ3) is 5.79. The standard InChI is InChI=1S/C26H30Cl3N5O.ClH/c1-17-24(26(35)31-33-14-12-32(13-15-33)21-4-2-3-5-21)30-34(23-11-10-20(28)16-22(23)29)25(17)18-6-8-19(27)9-7-18;/h6-11,16-17,21,25H,2-5,12-15H2,1H3,(H,31,35);1H. The maximum Gasteiger partial charge on any atom is 0.282 e. The van der Waals surface area contributed by atoms with Crippen molar-refractivity contribution >= 4 is 64.5 Å². The van der Waals surface area contributed by atoms with Gasteiger partial charge in [0.2, 0.25) is 0 Å². The molecule has 1 amide bonds. The van der Waals surface area contributed by atoms with Crippen molar-refractivity contribution in [2.45, 2.75) is 44.7 Å². The van der Waals surface area contributed by atoms with Crippen molar-refractivity contribution in [2.24, 2.45) is 11.0 Å². The Labute approximate surface area is 233 Å². The first-order valence-electron chi connectivity index (χ1n) is 12.3. The number of nitrogens with zero attached hydrogens (tertiary/aromatic N) is 4. The Morgan fingerprint density at radius 2 is 1.58 bits per heavy atom. The van der Waals surface area contributed by atoms with Crippen molar-refractivity contribution in [1.29, 1.82) is 0 Å². The molecule has 2 aliphatic heterocycles. The molecule has 2 fully saturated rings. The minimum atomic E-state index is -0.203. The highest BCUT2D eigenvalue weighted by Crippen LogP contribution is 2.42. The number of nitrogens with one attached hydrogen (secondary N) is 1. The number of halogens is 4. The fraction of sp³-hybridized carbons (Fsp3) is 0.462. The van der Waals surface area contributed by atoms with E-state index in [9.17, 15) is 4.79 Å². The molecular weight excluding hydrogens is 540 g/mol. The van der Waals surface area contributed by atoms with Gasteiger partial charge in [-0.25, -0.2) is 5.01 Å². The van der Waals surface area contributed by atoms with Gasteiger partial charge in [0.1, 0.15) is 5.71 Å². The molecule has 1 saturated heterocycles. The van der Waals surface area contributed by atoms with E-state index in [2.05, 4.69) is 10.3 Å². The third-order valence-corrected chi connectivity index (χ3v) is 8.19. The molecular formula is C26H31Cl4N5O. The molecule has 6 nitrogen and oxygen atoms in total. The number of hydrazine groups is 1. The van der Waals surface area contributed by atoms with Gasteiger partial charge in [-0.2, -0.15) is 5.10 Å². The second kappa shape index (κ2) is 11.9. The van der Waals surface area contributed by atoms with Crippen LogP contribution in [0.15, 0.2) is 47.6 Å². The van der Waals surface area contributed by atoms with E-state index in [-0.39, 0.29) is 30.3 Å². The summed E-state index contributed by atoms with van der Waals surface area (Å²) in [6, 6.07) is 13.5. The van der Waals surface area contributed by atoms with Crippen molar-refractivity contribution in [1.82, 2.24) is 15.3 Å². The van der Waals surface area contributed by atoms with E-state index < -0.39 is 0 Å². The van der Waals surface area contributed by atoms with Crippen molar-refractivity contribution < 1.29 is 4.79 Å². The molecule has 36 heavy (non-hydrogen) atoms. The molecule has 2 unspecified atom stereocenters. The van der Waals surface area contributed by atoms with Crippen molar-refractivity contribution in [3.05, 3.63) is 63.1 Å². The molecule has 5 rings (SSSR count). The summed E-state index contributed by atoms with van der Waals surface area (Å²) in [5.74, 6) is -0.332. The van der Waals surface area contributed by atoms with Gasteiger partial charge in [-0.3, -0.25) is 20.1 Å². The molecule has 0 spiro atoms. The normalized spacial score (nSPS) is 23.4. The SMILES string of the molecule is CC1C(C(=O)NN2CCN(C3CCCC3)CC2)=NN(c2ccc(Cl)cc2Cl)C1c1ccc(Cl)cc1.Cl. The summed E-state index contributed by atoms with van der Waals surface area (Å²) in [6.07, 6.45) is 5.27. The summed E-state index contributed by atoms with van der Waals surface area (Å²) in [5.41, 5.74) is 5.30. The number of piperazine rings is 1. The zero-order valence-electron chi connectivity index (χ0n) is 20.2. The van der Waals surface area contributed by atoms with Gasteiger partial charge in [-0.05, 0) is 48.7 Å². The Morgan fingerprint density at radius 1 is 0.944 bits per heavy atom. The third-order valence-electron chi connectivity index (χ3n) is 7.40. The molecule has 0 bridgehead atoms. The summed E-state index contributed by atoms with van der Waals surface area (Å²) in [4.78, 5) is 16.0. The van der Waals surface area contributed by atoms with Crippen LogP contribution in [0.3, 0.4) is 0 Å². The van der Waals surface area contributed by atoms with Crippen LogP contribution in [0, 0.1) is 5.92 Å². The topological polar surface area (TPSA) is 51.2 Å². The predicted octanol–water partition coefficient (Wildman–Crippen LogP) is 6.21. The number of amides is 1. The van der Waals surface area contributed by atoms with Crippen molar-refractivity contribution in [2.75, 3.05) is 31.2 Å². The Bertz CT molecular complexity index is 1100. The van der Waals surface area contributed by atoms with Gasteiger partial charge in [0.05, 0.1) is 16.8 Å². The minimum absolute atomic E-state index is 0. The molecule has 2 aromatic rings. The molecule has 1 saturated carbocycles. The van der Waals surface area contributed by atoms with Gasteiger partial charge in [-0.15, -0.1) is 12.4 Å². The van der Waals surface area contributed by atoms with Crippen LogP contribution in [-0.2, 0) is 4.79 Å². The van der Waals surface area contributed by atoms with Crippen LogP contribution in [0.2, 0.25) is 15.1 Å². The van der Waals surface area contributed by atoms with Gasteiger partial charge in [-0.1, -0.05) is 66.7 Å². The van der Waals surface area contributed by atoms with Crippen molar-refractivity contribution in [3.8, 4) is 0 Å². The number of hydrogen-bond donors (Lipinski definition) is 1. The Hall–Kier alpha value is -1.54. The van der Waals surface area contributed by atoms with E-state index in [4.69, 9.17) is 39.9 Å². The number of rotatable bonds is 5. The highest BCUT2D eigenvalue weighted by atomic mass is 35.5. The summed E-state index contributed by atoms with van der Waals surface area (Å²) in [7, 11) is 0. The van der Waals surface area contributed by atoms with Crippen LogP contribution in [0.5, 0.6) is 0 Å². The highest BCUT2D eigenvalue weighted by Gasteiger charge is 2.40. The van der Waals surface area contributed by atoms with E-state index in [1.165, 1.54) is 25.7 Å². The number of benzene rings is 2. The average molecular weight is 571 g/mol. The van der Waals surface area contributed by atoms with Crippen LogP contribution in [0.1, 0.15) is 44.2 Å². The average Bonchev–Trinajstić information content (AvgIpc) is 3.49. The lowest BCUT2D eigenvalue weighted by Crippen LogP contribution is -2.56. The fourth-order valence-electron chi connectivity index (χ4n) is 5.51. The fourth-order valence-corrected chi connectivity index (χ4v) is 6.13. The van der Waals surface area contributed by atoms with Crippen LogP contribution < -0.4 is 10.4 Å². The van der Waals surface area contributed by atoms with E-state index in [1.807, 2.05) is 47.3 Å². The lowest BCUT2D eigenvalue weighted by molar-refractivity contribution is -0.120. The summed E-state index contributed by atoms with van der Waals surface area (Å²) in [5, 5.41) is 10.3. The molecule has 2 atom stereocenters. The Balaban J connectivity index is 0.00000304. The smallest absolute Gasteiger partial charge is 0.282 e. The number of carbonyl (C=O) groups excluding carboxylic acids is 1. The largest absolute Gasteiger partial charge is 0.298 e. The minimum Gasteiger partial charge on any atom is -0.298 e. The zero-order chi connectivity index (χ0) is 24.5. The molecule has 0 radical (unpaired) electrons. The molecule has 194 valence electrons. The van der Waals surface area contributed by atoms with Crippen LogP contribution >= 0.6 is 47.2 Å². The lowest BCUT2D eigenvalue weighted by atomic mass is 9.91. The van der Waals surface area contributed by atoms with Gasteiger partial charge in [0.15, 0.2) is 0 Å². The first-order valence-corrected chi connectivity index (χ1v) is 13.4. The molecule has 2 aromatic carbocycles. The maximum absolute atomic E-state index is 13.4. The van der Waals surface area contributed by atoms with Crippen LogP contribution in [-0.4, -0.2) is 53.7 Å². The molecule has 2 heterocycles. The Kier molecular flexibility index (Phi) is 9.08. The maximum atomic E-state index is 13.4. The Morgan fingerprint density at radius 3 is 2.22 bits per heavy atom. The molecule has 3 aliphatic rings. The molecule has 1 aliphatic carbocycles. The summed E-state index contributed by atoms with van der Waals surface area (Å²) in [6.45, 7) is 5.62. The second-order valence-corrected chi connectivity index (χ2v) is 10.9. The van der Waals surface area contributed by atoms with Crippen LogP contribution in [0.25, 0.3) is 0 Å². The van der Waals surface area contributed by atoms with E-state index in [0.717, 1.165) is 31.7 Å². The molecule has 0 aromatic heterocycles. The van der Waals surface area contributed by atoms with E-state index >= 15 is 0 Å². The number of hydrogen-bond acceptors (Lipinski definition) is 5. The van der Waals surface area contributed by atoms with E-state index in [1.54, 1.807) is 12.1 Å². The zero-order valence-corrected chi connectivity index (χ0v) is 23.3. The van der Waals surface area contributed by atoms with Crippen LogP contribution in [0.4, 0.5) is 5.69 Å². The monoisotopic (exact) mass is 569 g/mol.